The Hall–Kier alpha value is -2.97. The molecule has 9 nitrogen and oxygen atoms in total. The maximum atomic E-state index is 13.3. The lowest BCUT2D eigenvalue weighted by atomic mass is 9.93. The van der Waals surface area contributed by atoms with Gasteiger partial charge >= 0.3 is 5.97 Å². The van der Waals surface area contributed by atoms with Crippen LogP contribution in [0.25, 0.3) is 5.82 Å². The van der Waals surface area contributed by atoms with Crippen molar-refractivity contribution in [2.45, 2.75) is 46.5 Å². The van der Waals surface area contributed by atoms with Gasteiger partial charge in [0, 0.05) is 37.9 Å². The molecule has 2 saturated heterocycles. The molecule has 2 aromatic rings. The summed E-state index contributed by atoms with van der Waals surface area (Å²) in [5, 5.41) is 4.51. The molecule has 2 fully saturated rings. The van der Waals surface area contributed by atoms with Gasteiger partial charge in [0.05, 0.1) is 24.1 Å². The first-order valence-corrected chi connectivity index (χ1v) is 11.5. The van der Waals surface area contributed by atoms with Crippen molar-refractivity contribution in [3.8, 4) is 5.82 Å². The summed E-state index contributed by atoms with van der Waals surface area (Å²) in [6.07, 6.45) is 4.95. The standard InChI is InChI=1S/C23H32N6O3/c1-4-32-23(31)19-8-6-10-28(14-19)22(30)18-7-5-9-27(13-18)20-12-21(25-15-24-20)29-17(3)11-16(2)26-29/h11-12,15,18-19H,4-10,13-14H2,1-3H3. The fraction of sp³-hybridized carbons (Fsp3) is 0.609. The van der Waals surface area contributed by atoms with Gasteiger partial charge in [-0.15, -0.1) is 0 Å². The van der Waals surface area contributed by atoms with Crippen LogP contribution in [-0.2, 0) is 14.3 Å². The van der Waals surface area contributed by atoms with Gasteiger partial charge in [0.2, 0.25) is 5.91 Å². The van der Waals surface area contributed by atoms with E-state index in [-0.39, 0.29) is 23.7 Å². The zero-order chi connectivity index (χ0) is 22.7. The van der Waals surface area contributed by atoms with E-state index in [4.69, 9.17) is 4.74 Å². The van der Waals surface area contributed by atoms with Crippen molar-refractivity contribution >= 4 is 17.7 Å². The molecule has 172 valence electrons. The minimum atomic E-state index is -0.211. The topological polar surface area (TPSA) is 93.5 Å². The number of ether oxygens (including phenoxy) is 1. The first kappa shape index (κ1) is 22.2. The monoisotopic (exact) mass is 440 g/mol. The molecule has 0 N–H and O–H groups in total. The van der Waals surface area contributed by atoms with Crippen molar-refractivity contribution in [1.29, 1.82) is 0 Å². The molecular formula is C23H32N6O3. The van der Waals surface area contributed by atoms with Crippen LogP contribution in [-0.4, -0.2) is 69.3 Å². The van der Waals surface area contributed by atoms with E-state index in [1.54, 1.807) is 6.33 Å². The fourth-order valence-corrected chi connectivity index (χ4v) is 4.76. The number of amides is 1. The predicted molar refractivity (Wildman–Crippen MR) is 120 cm³/mol. The largest absolute Gasteiger partial charge is 0.466 e. The third-order valence-corrected chi connectivity index (χ3v) is 6.31. The number of aryl methyl sites for hydroxylation is 2. The van der Waals surface area contributed by atoms with Crippen molar-refractivity contribution in [2.24, 2.45) is 11.8 Å². The quantitative estimate of drug-likeness (QED) is 0.659. The molecule has 0 spiro atoms. The second kappa shape index (κ2) is 9.67. The van der Waals surface area contributed by atoms with Gasteiger partial charge in [0.1, 0.15) is 12.1 Å². The zero-order valence-corrected chi connectivity index (χ0v) is 19.2. The maximum absolute atomic E-state index is 13.3. The van der Waals surface area contributed by atoms with E-state index in [2.05, 4.69) is 20.0 Å². The molecule has 0 aromatic carbocycles. The van der Waals surface area contributed by atoms with Crippen LogP contribution < -0.4 is 4.90 Å². The summed E-state index contributed by atoms with van der Waals surface area (Å²) in [6.45, 7) is 8.78. The molecule has 0 saturated carbocycles. The number of anilines is 1. The lowest BCUT2D eigenvalue weighted by molar-refractivity contribution is -0.152. The van der Waals surface area contributed by atoms with Crippen molar-refractivity contribution < 1.29 is 14.3 Å². The summed E-state index contributed by atoms with van der Waals surface area (Å²) in [7, 11) is 0. The van der Waals surface area contributed by atoms with Crippen molar-refractivity contribution in [1.82, 2.24) is 24.6 Å². The van der Waals surface area contributed by atoms with Crippen LogP contribution in [0.5, 0.6) is 0 Å². The molecule has 2 atom stereocenters. The zero-order valence-electron chi connectivity index (χ0n) is 19.2. The molecule has 4 rings (SSSR count). The number of aromatic nitrogens is 4. The van der Waals surface area contributed by atoms with Gasteiger partial charge in [-0.2, -0.15) is 5.10 Å². The number of likely N-dealkylation sites (tertiary alicyclic amines) is 1. The SMILES string of the molecule is CCOC(=O)C1CCCN(C(=O)C2CCCN(c3cc(-n4nc(C)cc4C)ncn3)C2)C1. The minimum absolute atomic E-state index is 0.100. The second-order valence-electron chi connectivity index (χ2n) is 8.73. The van der Waals surface area contributed by atoms with Gasteiger partial charge in [-0.3, -0.25) is 9.59 Å². The van der Waals surface area contributed by atoms with Crippen LogP contribution in [0.15, 0.2) is 18.5 Å². The van der Waals surface area contributed by atoms with E-state index in [0.29, 0.717) is 26.2 Å². The van der Waals surface area contributed by atoms with E-state index in [9.17, 15) is 9.59 Å². The number of piperidine rings is 2. The average Bonchev–Trinajstić information content (AvgIpc) is 3.17. The highest BCUT2D eigenvalue weighted by Crippen LogP contribution is 2.26. The van der Waals surface area contributed by atoms with Crippen LogP contribution in [0.2, 0.25) is 0 Å². The highest BCUT2D eigenvalue weighted by molar-refractivity contribution is 5.81. The van der Waals surface area contributed by atoms with Crippen LogP contribution in [0.1, 0.15) is 44.0 Å². The predicted octanol–water partition coefficient (Wildman–Crippen LogP) is 2.30. The fourth-order valence-electron chi connectivity index (χ4n) is 4.76. The highest BCUT2D eigenvalue weighted by Gasteiger charge is 2.34. The third-order valence-electron chi connectivity index (χ3n) is 6.31. The Morgan fingerprint density at radius 1 is 1.03 bits per heavy atom. The van der Waals surface area contributed by atoms with Gasteiger partial charge in [0.15, 0.2) is 5.82 Å². The van der Waals surface area contributed by atoms with E-state index in [1.165, 1.54) is 0 Å². The van der Waals surface area contributed by atoms with Gasteiger partial charge < -0.3 is 14.5 Å². The molecule has 0 radical (unpaired) electrons. The second-order valence-corrected chi connectivity index (χ2v) is 8.73. The van der Waals surface area contributed by atoms with Crippen molar-refractivity contribution in [2.75, 3.05) is 37.7 Å². The number of hydrogen-bond donors (Lipinski definition) is 0. The lowest BCUT2D eigenvalue weighted by Crippen LogP contribution is -2.49. The Kier molecular flexibility index (Phi) is 6.72. The van der Waals surface area contributed by atoms with Gasteiger partial charge in [-0.1, -0.05) is 0 Å². The normalized spacial score (nSPS) is 21.5. The molecule has 0 aliphatic carbocycles. The molecule has 2 unspecified atom stereocenters. The third kappa shape index (κ3) is 4.76. The molecule has 0 bridgehead atoms. The molecule has 1 amide bonds. The molecule has 2 aliphatic heterocycles. The van der Waals surface area contributed by atoms with E-state index >= 15 is 0 Å². The van der Waals surface area contributed by atoms with E-state index in [1.807, 2.05) is 42.5 Å². The summed E-state index contributed by atoms with van der Waals surface area (Å²) < 4.78 is 7.00. The molecule has 2 aromatic heterocycles. The van der Waals surface area contributed by atoms with Gasteiger partial charge in [0.25, 0.3) is 0 Å². The number of esters is 1. The smallest absolute Gasteiger partial charge is 0.310 e. The number of rotatable bonds is 5. The van der Waals surface area contributed by atoms with E-state index in [0.717, 1.165) is 55.3 Å². The first-order valence-electron chi connectivity index (χ1n) is 11.5. The van der Waals surface area contributed by atoms with Crippen LogP contribution in [0.3, 0.4) is 0 Å². The summed E-state index contributed by atoms with van der Waals surface area (Å²) >= 11 is 0. The minimum Gasteiger partial charge on any atom is -0.466 e. The van der Waals surface area contributed by atoms with Gasteiger partial charge in [-0.05, 0) is 52.5 Å². The molecular weight excluding hydrogens is 408 g/mol. The summed E-state index contributed by atoms with van der Waals surface area (Å²) in [5.74, 6) is 1.17. The van der Waals surface area contributed by atoms with Crippen molar-refractivity contribution in [3.63, 3.8) is 0 Å². The Labute approximate surface area is 188 Å². The number of carbonyl (C=O) groups excluding carboxylic acids is 2. The molecule has 32 heavy (non-hydrogen) atoms. The van der Waals surface area contributed by atoms with Crippen LogP contribution in [0.4, 0.5) is 5.82 Å². The maximum Gasteiger partial charge on any atom is 0.310 e. The van der Waals surface area contributed by atoms with E-state index < -0.39 is 0 Å². The summed E-state index contributed by atoms with van der Waals surface area (Å²) in [4.78, 5) is 38.3. The molecule has 4 heterocycles. The Bertz CT molecular complexity index is 974. The van der Waals surface area contributed by atoms with Gasteiger partial charge in [-0.25, -0.2) is 14.6 Å². The lowest BCUT2D eigenvalue weighted by Gasteiger charge is -2.38. The number of hydrogen-bond acceptors (Lipinski definition) is 7. The first-order chi connectivity index (χ1) is 15.5. The Balaban J connectivity index is 1.44. The summed E-state index contributed by atoms with van der Waals surface area (Å²) in [6, 6.07) is 3.95. The Morgan fingerprint density at radius 2 is 1.78 bits per heavy atom. The van der Waals surface area contributed by atoms with Crippen LogP contribution in [0, 0.1) is 25.7 Å². The van der Waals surface area contributed by atoms with Crippen molar-refractivity contribution in [3.05, 3.63) is 29.8 Å². The number of nitrogens with zero attached hydrogens (tertiary/aromatic N) is 6. The Morgan fingerprint density at radius 3 is 2.53 bits per heavy atom. The number of carbonyl (C=O) groups is 2. The average molecular weight is 441 g/mol. The highest BCUT2D eigenvalue weighted by atomic mass is 16.5. The molecule has 9 heteroatoms. The summed E-state index contributed by atoms with van der Waals surface area (Å²) in [5.41, 5.74) is 1.95. The van der Waals surface area contributed by atoms with Crippen LogP contribution >= 0.6 is 0 Å². The molecule has 2 aliphatic rings.